The summed E-state index contributed by atoms with van der Waals surface area (Å²) in [6.45, 7) is 2.24. The summed E-state index contributed by atoms with van der Waals surface area (Å²) in [6, 6.07) is 22.9. The van der Waals surface area contributed by atoms with Gasteiger partial charge in [0, 0.05) is 31.9 Å². The van der Waals surface area contributed by atoms with Crippen molar-refractivity contribution in [3.8, 4) is 0 Å². The molecule has 0 saturated carbocycles. The summed E-state index contributed by atoms with van der Waals surface area (Å²) in [5.74, 6) is -0.498. The van der Waals surface area contributed by atoms with Gasteiger partial charge in [0.15, 0.2) is 0 Å². The second kappa shape index (κ2) is 9.58. The number of carbonyl (C=O) groups excluding carboxylic acids is 1. The average molecular weight is 473 g/mol. The Balaban J connectivity index is 1.38. The monoisotopic (exact) mass is 472 g/mol. The largest absolute Gasteiger partial charge is 0.368 e. The van der Waals surface area contributed by atoms with E-state index in [-0.39, 0.29) is 24.8 Å². The lowest BCUT2D eigenvalue weighted by Crippen LogP contribution is -2.51. The first kappa shape index (κ1) is 22.6. The molecule has 1 fully saturated rings. The molecule has 3 aromatic carbocycles. The van der Waals surface area contributed by atoms with Crippen molar-refractivity contribution in [2.75, 3.05) is 31.1 Å². The Labute approximate surface area is 201 Å². The van der Waals surface area contributed by atoms with Gasteiger partial charge in [0.05, 0.1) is 17.6 Å². The number of para-hydroxylation sites is 2. The van der Waals surface area contributed by atoms with E-state index < -0.39 is 11.1 Å². The van der Waals surface area contributed by atoms with Crippen LogP contribution in [0.25, 0.3) is 11.0 Å². The highest BCUT2D eigenvalue weighted by Crippen LogP contribution is 2.18. The lowest BCUT2D eigenvalue weighted by molar-refractivity contribution is -0.132. The lowest BCUT2D eigenvalue weighted by Gasteiger charge is -2.36. The second-order valence-corrected chi connectivity index (χ2v) is 8.60. The molecule has 0 unspecified atom stereocenters. The van der Waals surface area contributed by atoms with Gasteiger partial charge in [0.25, 0.3) is 0 Å². The van der Waals surface area contributed by atoms with Crippen LogP contribution in [0.3, 0.4) is 0 Å². The van der Waals surface area contributed by atoms with Gasteiger partial charge in [-0.2, -0.15) is 0 Å². The molecule has 1 aliphatic heterocycles. The molecule has 8 heteroatoms. The van der Waals surface area contributed by atoms with Crippen LogP contribution in [-0.4, -0.2) is 46.1 Å². The number of piperazine rings is 1. The van der Waals surface area contributed by atoms with Gasteiger partial charge in [-0.15, -0.1) is 0 Å². The van der Waals surface area contributed by atoms with Crippen LogP contribution in [0.1, 0.15) is 5.56 Å². The Morgan fingerprint density at radius 1 is 0.714 bits per heavy atom. The molecule has 35 heavy (non-hydrogen) atoms. The zero-order valence-electron chi connectivity index (χ0n) is 19.1. The van der Waals surface area contributed by atoms with Crippen molar-refractivity contribution in [3.05, 3.63) is 111 Å². The van der Waals surface area contributed by atoms with Crippen LogP contribution >= 0.6 is 0 Å². The molecule has 178 valence electrons. The van der Waals surface area contributed by atoms with Crippen molar-refractivity contribution < 1.29 is 9.18 Å². The van der Waals surface area contributed by atoms with Crippen molar-refractivity contribution in [2.45, 2.75) is 13.1 Å². The van der Waals surface area contributed by atoms with Crippen LogP contribution in [0.5, 0.6) is 0 Å². The van der Waals surface area contributed by atoms with E-state index in [0.717, 1.165) is 11.3 Å². The summed E-state index contributed by atoms with van der Waals surface area (Å²) in [5.41, 5.74) is 1.61. The number of benzene rings is 3. The first-order chi connectivity index (χ1) is 17.0. The van der Waals surface area contributed by atoms with Crippen molar-refractivity contribution in [3.63, 3.8) is 0 Å². The van der Waals surface area contributed by atoms with E-state index in [4.69, 9.17) is 0 Å². The number of amides is 1. The van der Waals surface area contributed by atoms with E-state index in [1.807, 2.05) is 36.4 Å². The number of hydrogen-bond acceptors (Lipinski definition) is 4. The van der Waals surface area contributed by atoms with E-state index in [1.165, 1.54) is 21.3 Å². The number of hydrogen-bond donors (Lipinski definition) is 0. The highest BCUT2D eigenvalue weighted by atomic mass is 19.1. The fraction of sp³-hybridized carbons (Fsp3) is 0.222. The number of carbonyl (C=O) groups is 1. The molecule has 1 aromatic heterocycles. The quantitative estimate of drug-likeness (QED) is 0.419. The molecule has 0 aliphatic carbocycles. The minimum atomic E-state index is -0.710. The molecule has 1 aliphatic rings. The average Bonchev–Trinajstić information content (AvgIpc) is 2.90. The predicted octanol–water partition coefficient (Wildman–Crippen LogP) is 2.70. The molecule has 5 rings (SSSR count). The third kappa shape index (κ3) is 4.59. The van der Waals surface area contributed by atoms with Gasteiger partial charge in [-0.05, 0) is 42.0 Å². The molecule has 0 N–H and O–H groups in total. The number of rotatable bonds is 5. The Morgan fingerprint density at radius 3 is 1.94 bits per heavy atom. The first-order valence-corrected chi connectivity index (χ1v) is 11.6. The van der Waals surface area contributed by atoms with Crippen molar-refractivity contribution in [1.82, 2.24) is 14.0 Å². The van der Waals surface area contributed by atoms with Gasteiger partial charge in [-0.25, -0.2) is 4.39 Å². The van der Waals surface area contributed by atoms with Crippen molar-refractivity contribution >= 4 is 22.6 Å². The Morgan fingerprint density at radius 2 is 1.29 bits per heavy atom. The number of halogens is 1. The number of nitrogens with zero attached hydrogens (tertiary/aromatic N) is 4. The molecular formula is C27H25FN4O3. The minimum absolute atomic E-state index is 0.197. The highest BCUT2D eigenvalue weighted by Gasteiger charge is 2.23. The molecule has 4 aromatic rings. The van der Waals surface area contributed by atoms with Gasteiger partial charge in [0.2, 0.25) is 5.91 Å². The lowest BCUT2D eigenvalue weighted by atomic mass is 10.2. The maximum atomic E-state index is 13.2. The fourth-order valence-electron chi connectivity index (χ4n) is 4.55. The molecular weight excluding hydrogens is 447 g/mol. The van der Waals surface area contributed by atoms with Crippen LogP contribution in [0.15, 0.2) is 88.5 Å². The summed E-state index contributed by atoms with van der Waals surface area (Å²) in [4.78, 5) is 43.1. The predicted molar refractivity (Wildman–Crippen MR) is 133 cm³/mol. The molecule has 0 spiro atoms. The van der Waals surface area contributed by atoms with Crippen LogP contribution in [0, 0.1) is 5.82 Å². The van der Waals surface area contributed by atoms with E-state index in [9.17, 15) is 18.8 Å². The molecule has 1 saturated heterocycles. The fourth-order valence-corrected chi connectivity index (χ4v) is 4.55. The topological polar surface area (TPSA) is 67.5 Å². The van der Waals surface area contributed by atoms with Crippen molar-refractivity contribution in [2.24, 2.45) is 0 Å². The number of anilines is 1. The van der Waals surface area contributed by atoms with Crippen LogP contribution in [0.2, 0.25) is 0 Å². The summed E-state index contributed by atoms with van der Waals surface area (Å²) in [6.07, 6.45) is 0. The molecule has 0 bridgehead atoms. The zero-order valence-corrected chi connectivity index (χ0v) is 19.1. The van der Waals surface area contributed by atoms with E-state index in [1.54, 1.807) is 35.2 Å². The minimum Gasteiger partial charge on any atom is -0.368 e. The zero-order chi connectivity index (χ0) is 24.4. The molecule has 2 heterocycles. The maximum absolute atomic E-state index is 13.2. The van der Waals surface area contributed by atoms with Crippen LogP contribution in [0.4, 0.5) is 10.1 Å². The SMILES string of the molecule is O=C(Cn1c(=O)c(=O)n(Cc2ccccc2)c2ccccc21)N1CCN(c2ccc(F)cc2)CC1. The number of fused-ring (bicyclic) bond motifs is 1. The Kier molecular flexibility index (Phi) is 6.18. The van der Waals surface area contributed by atoms with E-state index in [0.29, 0.717) is 37.2 Å². The van der Waals surface area contributed by atoms with Crippen LogP contribution < -0.4 is 16.0 Å². The van der Waals surface area contributed by atoms with E-state index in [2.05, 4.69) is 4.90 Å². The first-order valence-electron chi connectivity index (χ1n) is 11.6. The smallest absolute Gasteiger partial charge is 0.317 e. The Bertz CT molecular complexity index is 1470. The van der Waals surface area contributed by atoms with Crippen molar-refractivity contribution in [1.29, 1.82) is 0 Å². The molecule has 1 amide bonds. The molecule has 0 atom stereocenters. The Hall–Kier alpha value is -4.20. The van der Waals surface area contributed by atoms with Gasteiger partial charge >= 0.3 is 11.1 Å². The van der Waals surface area contributed by atoms with Gasteiger partial charge < -0.3 is 9.80 Å². The molecule has 7 nitrogen and oxygen atoms in total. The summed E-state index contributed by atoms with van der Waals surface area (Å²) in [5, 5.41) is 0. The second-order valence-electron chi connectivity index (χ2n) is 8.60. The normalized spacial score (nSPS) is 13.9. The summed E-state index contributed by atoms with van der Waals surface area (Å²) < 4.78 is 16.0. The van der Waals surface area contributed by atoms with Gasteiger partial charge in [-0.3, -0.25) is 23.5 Å². The van der Waals surface area contributed by atoms with Gasteiger partial charge in [0.1, 0.15) is 12.4 Å². The third-order valence-electron chi connectivity index (χ3n) is 6.44. The number of aromatic nitrogens is 2. The van der Waals surface area contributed by atoms with Gasteiger partial charge in [-0.1, -0.05) is 42.5 Å². The standard InChI is InChI=1S/C27H25FN4O3/c28-21-10-12-22(13-11-21)29-14-16-30(17-15-29)25(33)19-32-24-9-5-4-8-23(24)31(26(34)27(32)35)18-20-6-2-1-3-7-20/h1-13H,14-19H2. The summed E-state index contributed by atoms with van der Waals surface area (Å²) >= 11 is 0. The maximum Gasteiger partial charge on any atom is 0.317 e. The molecule has 0 radical (unpaired) electrons. The van der Waals surface area contributed by atoms with E-state index >= 15 is 0 Å². The third-order valence-corrected chi connectivity index (χ3v) is 6.44. The van der Waals surface area contributed by atoms with Crippen LogP contribution in [-0.2, 0) is 17.9 Å². The highest BCUT2D eigenvalue weighted by molar-refractivity contribution is 5.80. The summed E-state index contributed by atoms with van der Waals surface area (Å²) in [7, 11) is 0.